The third-order valence-electron chi connectivity index (χ3n) is 5.88. The molecule has 1 aliphatic carbocycles. The number of aliphatic imine (C=N–C) groups is 1. The highest BCUT2D eigenvalue weighted by atomic mass is 127. The Bertz CT molecular complexity index is 804. The fraction of sp³-hybridized carbons (Fsp3) is 0.667. The van der Waals surface area contributed by atoms with Gasteiger partial charge in [0.1, 0.15) is 5.60 Å². The van der Waals surface area contributed by atoms with Gasteiger partial charge in [-0.25, -0.2) is 9.79 Å². The third-order valence-corrected chi connectivity index (χ3v) is 5.88. The van der Waals surface area contributed by atoms with Crippen molar-refractivity contribution < 1.29 is 9.53 Å². The first-order chi connectivity index (χ1) is 14.7. The minimum atomic E-state index is -0.510. The number of nitrogens with two attached hydrogens (primary N) is 1. The summed E-state index contributed by atoms with van der Waals surface area (Å²) in [6, 6.07) is 6.89. The van der Waals surface area contributed by atoms with Gasteiger partial charge in [0, 0.05) is 18.6 Å². The van der Waals surface area contributed by atoms with Crippen LogP contribution in [0.3, 0.4) is 0 Å². The second kappa shape index (κ2) is 11.5. The van der Waals surface area contributed by atoms with Gasteiger partial charge in [0.25, 0.3) is 0 Å². The van der Waals surface area contributed by atoms with Crippen LogP contribution in [0.5, 0.6) is 0 Å². The normalized spacial score (nSPS) is 19.4. The number of carbonyl (C=O) groups is 1. The van der Waals surface area contributed by atoms with Crippen molar-refractivity contribution in [3.05, 3.63) is 29.3 Å². The molecule has 1 aromatic rings. The molecule has 2 aliphatic rings. The van der Waals surface area contributed by atoms with Crippen molar-refractivity contribution in [3.8, 4) is 0 Å². The van der Waals surface area contributed by atoms with E-state index in [0.29, 0.717) is 18.5 Å². The van der Waals surface area contributed by atoms with Crippen LogP contribution in [0.25, 0.3) is 0 Å². The number of likely N-dealkylation sites (N-methyl/N-ethyl adjacent to an activating group) is 1. The highest BCUT2D eigenvalue weighted by molar-refractivity contribution is 14.0. The lowest BCUT2D eigenvalue weighted by Crippen LogP contribution is -2.42. The van der Waals surface area contributed by atoms with Crippen molar-refractivity contribution in [2.24, 2.45) is 10.7 Å². The monoisotopic (exact) mass is 557 g/mol. The smallest absolute Gasteiger partial charge is 0.415 e. The van der Waals surface area contributed by atoms with E-state index in [1.165, 1.54) is 19.4 Å². The van der Waals surface area contributed by atoms with E-state index in [2.05, 4.69) is 28.2 Å². The summed E-state index contributed by atoms with van der Waals surface area (Å²) in [5.74, 6) is 0.484. The lowest BCUT2D eigenvalue weighted by molar-refractivity contribution is 0.0577. The minimum Gasteiger partial charge on any atom is -0.443 e. The maximum absolute atomic E-state index is 12.8. The molecule has 7 nitrogen and oxygen atoms in total. The molecule has 180 valence electrons. The molecule has 2 fully saturated rings. The second-order valence-electron chi connectivity index (χ2n) is 9.71. The predicted molar refractivity (Wildman–Crippen MR) is 142 cm³/mol. The number of nitrogens with zero attached hydrogens (tertiary/aromatic N) is 3. The van der Waals surface area contributed by atoms with E-state index in [1.807, 2.05) is 44.7 Å². The van der Waals surface area contributed by atoms with Crippen molar-refractivity contribution in [2.75, 3.05) is 24.5 Å². The Morgan fingerprint density at radius 3 is 2.62 bits per heavy atom. The third kappa shape index (κ3) is 7.50. The standard InChI is InChI=1S/C24H39N5O2.HI/c1-6-28-13-7-8-20(28)16-27-22(25)26-15-18-9-12-21(17(2)14-18)29(19-10-11-19)23(30)31-24(3,4)5;/h9,12,14,19-20H,6-8,10-11,13,15-16H2,1-5H3,(H3,25,26,27);1H. The van der Waals surface area contributed by atoms with Crippen molar-refractivity contribution in [1.82, 2.24) is 10.2 Å². The Morgan fingerprint density at radius 1 is 1.31 bits per heavy atom. The molecule has 1 amide bonds. The summed E-state index contributed by atoms with van der Waals surface area (Å²) in [5, 5.41) is 3.28. The molecule has 3 N–H and O–H groups in total. The van der Waals surface area contributed by atoms with Gasteiger partial charge in [0.15, 0.2) is 5.96 Å². The number of ether oxygens (including phenoxy) is 1. The number of anilines is 1. The van der Waals surface area contributed by atoms with Crippen LogP contribution in [0.15, 0.2) is 23.2 Å². The Morgan fingerprint density at radius 2 is 2.03 bits per heavy atom. The quantitative estimate of drug-likeness (QED) is 0.295. The number of carbonyl (C=O) groups excluding carboxylic acids is 1. The highest BCUT2D eigenvalue weighted by Gasteiger charge is 2.37. The van der Waals surface area contributed by atoms with Gasteiger partial charge < -0.3 is 15.8 Å². The molecule has 0 radical (unpaired) electrons. The molecule has 0 aromatic heterocycles. The Kier molecular flexibility index (Phi) is 9.63. The summed E-state index contributed by atoms with van der Waals surface area (Å²) in [7, 11) is 0. The number of benzene rings is 1. The van der Waals surface area contributed by atoms with Gasteiger partial charge in [0.05, 0.1) is 12.2 Å². The molecule has 1 atom stereocenters. The molecule has 0 bridgehead atoms. The summed E-state index contributed by atoms with van der Waals surface area (Å²) in [6.07, 6.45) is 4.23. The molecule has 1 saturated heterocycles. The van der Waals surface area contributed by atoms with Crippen molar-refractivity contribution >= 4 is 41.7 Å². The zero-order chi connectivity index (χ0) is 22.6. The predicted octanol–water partition coefficient (Wildman–Crippen LogP) is 4.41. The molecular weight excluding hydrogens is 517 g/mol. The lowest BCUT2D eigenvalue weighted by atomic mass is 10.1. The van der Waals surface area contributed by atoms with Crippen LogP contribution in [-0.2, 0) is 11.3 Å². The van der Waals surface area contributed by atoms with Crippen LogP contribution >= 0.6 is 24.0 Å². The Labute approximate surface area is 210 Å². The van der Waals surface area contributed by atoms with E-state index in [0.717, 1.165) is 42.7 Å². The van der Waals surface area contributed by atoms with E-state index in [4.69, 9.17) is 10.5 Å². The number of guanidine groups is 1. The molecule has 1 aliphatic heterocycles. The highest BCUT2D eigenvalue weighted by Crippen LogP contribution is 2.35. The zero-order valence-electron chi connectivity index (χ0n) is 20.2. The SMILES string of the molecule is CCN1CCCC1CNC(N)=NCc1ccc(N(C(=O)OC(C)(C)C)C2CC2)c(C)c1.I. The van der Waals surface area contributed by atoms with Gasteiger partial charge in [-0.3, -0.25) is 9.80 Å². The van der Waals surface area contributed by atoms with Gasteiger partial charge in [0.2, 0.25) is 0 Å². The van der Waals surface area contributed by atoms with E-state index in [9.17, 15) is 4.79 Å². The van der Waals surface area contributed by atoms with E-state index in [-0.39, 0.29) is 36.1 Å². The number of hydrogen-bond donors (Lipinski definition) is 2. The minimum absolute atomic E-state index is 0. The molecule has 32 heavy (non-hydrogen) atoms. The van der Waals surface area contributed by atoms with Gasteiger partial charge >= 0.3 is 6.09 Å². The van der Waals surface area contributed by atoms with Crippen LogP contribution in [0.2, 0.25) is 0 Å². The summed E-state index contributed by atoms with van der Waals surface area (Å²) in [6.45, 7) is 13.5. The first-order valence-corrected chi connectivity index (χ1v) is 11.6. The van der Waals surface area contributed by atoms with Crippen molar-refractivity contribution in [3.63, 3.8) is 0 Å². The molecule has 8 heteroatoms. The first-order valence-electron chi connectivity index (χ1n) is 11.6. The fourth-order valence-corrected chi connectivity index (χ4v) is 4.17. The number of likely N-dealkylation sites (tertiary alicyclic amines) is 1. The van der Waals surface area contributed by atoms with Gasteiger partial charge in [-0.15, -0.1) is 24.0 Å². The molecule has 1 heterocycles. The molecule has 1 aromatic carbocycles. The summed E-state index contributed by atoms with van der Waals surface area (Å²) in [5.41, 5.74) is 8.62. The van der Waals surface area contributed by atoms with Crippen LogP contribution in [0, 0.1) is 6.92 Å². The van der Waals surface area contributed by atoms with Crippen LogP contribution < -0.4 is 16.0 Å². The summed E-state index contributed by atoms with van der Waals surface area (Å²) < 4.78 is 5.64. The second-order valence-corrected chi connectivity index (χ2v) is 9.71. The largest absolute Gasteiger partial charge is 0.443 e. The maximum atomic E-state index is 12.8. The van der Waals surface area contributed by atoms with Crippen molar-refractivity contribution in [2.45, 2.75) is 84.5 Å². The Hall–Kier alpha value is -1.55. The lowest BCUT2D eigenvalue weighted by Gasteiger charge is -2.28. The van der Waals surface area contributed by atoms with E-state index < -0.39 is 5.60 Å². The van der Waals surface area contributed by atoms with Crippen molar-refractivity contribution in [1.29, 1.82) is 0 Å². The number of hydrogen-bond acceptors (Lipinski definition) is 4. The molecule has 0 spiro atoms. The summed E-state index contributed by atoms with van der Waals surface area (Å²) in [4.78, 5) is 21.6. The number of rotatable bonds is 7. The number of nitrogens with one attached hydrogen (secondary N) is 1. The van der Waals surface area contributed by atoms with Gasteiger partial charge in [-0.05, 0) is 83.7 Å². The topological polar surface area (TPSA) is 83.2 Å². The molecule has 3 rings (SSSR count). The number of amides is 1. The average molecular weight is 558 g/mol. The van der Waals surface area contributed by atoms with Crippen LogP contribution in [0.4, 0.5) is 10.5 Å². The summed E-state index contributed by atoms with van der Waals surface area (Å²) >= 11 is 0. The van der Waals surface area contributed by atoms with E-state index in [1.54, 1.807) is 0 Å². The molecular formula is C24H40IN5O2. The molecule has 1 saturated carbocycles. The number of halogens is 1. The van der Waals surface area contributed by atoms with E-state index >= 15 is 0 Å². The number of aryl methyl sites for hydroxylation is 1. The van der Waals surface area contributed by atoms with Gasteiger partial charge in [-0.1, -0.05) is 19.1 Å². The zero-order valence-corrected chi connectivity index (χ0v) is 22.5. The maximum Gasteiger partial charge on any atom is 0.415 e. The average Bonchev–Trinajstić information content (AvgIpc) is 3.41. The first kappa shape index (κ1) is 26.7. The van der Waals surface area contributed by atoms with Crippen LogP contribution in [-0.4, -0.2) is 54.3 Å². The Balaban J connectivity index is 0.00000363. The van der Waals surface area contributed by atoms with Gasteiger partial charge in [-0.2, -0.15) is 0 Å². The van der Waals surface area contributed by atoms with Crippen LogP contribution in [0.1, 0.15) is 64.5 Å². The fourth-order valence-electron chi connectivity index (χ4n) is 4.17. The molecule has 1 unspecified atom stereocenters.